The van der Waals surface area contributed by atoms with Crippen molar-refractivity contribution < 1.29 is 9.15 Å². The molecule has 102 valence electrons. The van der Waals surface area contributed by atoms with Crippen LogP contribution in [0.2, 0.25) is 0 Å². The van der Waals surface area contributed by atoms with E-state index in [0.29, 0.717) is 6.61 Å². The molecule has 1 aromatic rings. The highest BCUT2D eigenvalue weighted by Crippen LogP contribution is 2.24. The molecule has 4 heteroatoms. The summed E-state index contributed by atoms with van der Waals surface area (Å²) in [6, 6.07) is 2.81. The molecule has 0 amide bonds. The summed E-state index contributed by atoms with van der Waals surface area (Å²) >= 11 is 0. The fourth-order valence-electron chi connectivity index (χ4n) is 1.98. The summed E-state index contributed by atoms with van der Waals surface area (Å²) in [7, 11) is 2.18. The van der Waals surface area contributed by atoms with Crippen LogP contribution in [0.4, 0.5) is 0 Å². The maximum Gasteiger partial charge on any atom is 0.123 e. The Morgan fingerprint density at radius 1 is 1.50 bits per heavy atom. The lowest BCUT2D eigenvalue weighted by Gasteiger charge is -2.15. The molecule has 1 heterocycles. The minimum absolute atomic E-state index is 0.649. The zero-order chi connectivity index (χ0) is 12.8. The van der Waals surface area contributed by atoms with E-state index in [1.54, 1.807) is 6.26 Å². The number of hydrogen-bond donors (Lipinski definition) is 1. The molecular formula is C14H24N2O2. The van der Waals surface area contributed by atoms with Gasteiger partial charge in [-0.1, -0.05) is 6.92 Å². The number of furan rings is 1. The van der Waals surface area contributed by atoms with Gasteiger partial charge in [-0.25, -0.2) is 0 Å². The molecule has 1 aliphatic carbocycles. The van der Waals surface area contributed by atoms with Gasteiger partial charge < -0.3 is 19.4 Å². The molecule has 18 heavy (non-hydrogen) atoms. The SMILES string of the molecule is CCNCc1occc1COCCN(C)C1CC1. The number of hydrogen-bond acceptors (Lipinski definition) is 4. The van der Waals surface area contributed by atoms with Gasteiger partial charge in [-0.15, -0.1) is 0 Å². The van der Waals surface area contributed by atoms with Crippen LogP contribution in [0.5, 0.6) is 0 Å². The summed E-state index contributed by atoms with van der Waals surface area (Å²) in [5, 5.41) is 3.27. The van der Waals surface area contributed by atoms with Crippen LogP contribution in [0.15, 0.2) is 16.7 Å². The fourth-order valence-corrected chi connectivity index (χ4v) is 1.98. The molecule has 0 radical (unpaired) electrons. The molecule has 0 aliphatic heterocycles. The third-order valence-electron chi connectivity index (χ3n) is 3.39. The van der Waals surface area contributed by atoms with Crippen LogP contribution in [-0.2, 0) is 17.9 Å². The van der Waals surface area contributed by atoms with Crippen molar-refractivity contribution in [3.8, 4) is 0 Å². The van der Waals surface area contributed by atoms with Crippen LogP contribution < -0.4 is 5.32 Å². The Balaban J connectivity index is 1.64. The van der Waals surface area contributed by atoms with Gasteiger partial charge in [-0.05, 0) is 32.5 Å². The van der Waals surface area contributed by atoms with Crippen molar-refractivity contribution in [1.29, 1.82) is 0 Å². The van der Waals surface area contributed by atoms with Crippen LogP contribution in [0.25, 0.3) is 0 Å². The van der Waals surface area contributed by atoms with Gasteiger partial charge in [-0.2, -0.15) is 0 Å². The van der Waals surface area contributed by atoms with Gasteiger partial charge in [0.2, 0.25) is 0 Å². The Hall–Kier alpha value is -0.840. The average molecular weight is 252 g/mol. The molecule has 0 aromatic carbocycles. The Kier molecular flexibility index (Phi) is 5.23. The van der Waals surface area contributed by atoms with Gasteiger partial charge in [0, 0.05) is 18.2 Å². The molecule has 0 spiro atoms. The molecule has 1 fully saturated rings. The number of rotatable bonds is 9. The zero-order valence-corrected chi connectivity index (χ0v) is 11.4. The van der Waals surface area contributed by atoms with E-state index >= 15 is 0 Å². The number of nitrogens with one attached hydrogen (secondary N) is 1. The Labute approximate surface area is 109 Å². The normalized spacial score (nSPS) is 15.5. The van der Waals surface area contributed by atoms with Crippen LogP contribution in [0, 0.1) is 0 Å². The molecule has 0 atom stereocenters. The molecule has 0 unspecified atom stereocenters. The van der Waals surface area contributed by atoms with Crippen LogP contribution in [0.1, 0.15) is 31.1 Å². The van der Waals surface area contributed by atoms with Gasteiger partial charge in [-0.3, -0.25) is 0 Å². The average Bonchev–Trinajstić information content (AvgIpc) is 3.13. The Morgan fingerprint density at radius 2 is 2.33 bits per heavy atom. The lowest BCUT2D eigenvalue weighted by molar-refractivity contribution is 0.0968. The molecular weight excluding hydrogens is 228 g/mol. The molecule has 1 N–H and O–H groups in total. The summed E-state index contributed by atoms with van der Waals surface area (Å²) in [5.74, 6) is 0.993. The lowest BCUT2D eigenvalue weighted by Crippen LogP contribution is -2.25. The molecule has 4 nitrogen and oxygen atoms in total. The van der Waals surface area contributed by atoms with E-state index in [9.17, 15) is 0 Å². The molecule has 1 saturated carbocycles. The van der Waals surface area contributed by atoms with E-state index in [1.807, 2.05) is 6.07 Å². The summed E-state index contributed by atoms with van der Waals surface area (Å²) in [6.07, 6.45) is 4.44. The van der Waals surface area contributed by atoms with Crippen molar-refractivity contribution in [3.05, 3.63) is 23.7 Å². The third kappa shape index (κ3) is 4.12. The van der Waals surface area contributed by atoms with Crippen molar-refractivity contribution in [2.45, 2.75) is 39.0 Å². The highest BCUT2D eigenvalue weighted by Gasteiger charge is 2.25. The molecule has 1 aliphatic rings. The first-order chi connectivity index (χ1) is 8.81. The lowest BCUT2D eigenvalue weighted by atomic mass is 10.2. The molecule has 1 aromatic heterocycles. The summed E-state index contributed by atoms with van der Waals surface area (Å²) in [5.41, 5.74) is 1.16. The quantitative estimate of drug-likeness (QED) is 0.682. The minimum Gasteiger partial charge on any atom is -0.468 e. The maximum atomic E-state index is 5.72. The predicted molar refractivity (Wildman–Crippen MR) is 71.4 cm³/mol. The second-order valence-electron chi connectivity index (χ2n) is 4.91. The zero-order valence-electron chi connectivity index (χ0n) is 11.4. The first-order valence-electron chi connectivity index (χ1n) is 6.85. The van der Waals surface area contributed by atoms with Crippen molar-refractivity contribution in [2.24, 2.45) is 0 Å². The highest BCUT2D eigenvalue weighted by atomic mass is 16.5. The molecule has 0 saturated heterocycles. The van der Waals surface area contributed by atoms with Crippen molar-refractivity contribution in [3.63, 3.8) is 0 Å². The largest absolute Gasteiger partial charge is 0.468 e. The minimum atomic E-state index is 0.649. The van der Waals surface area contributed by atoms with Gasteiger partial charge >= 0.3 is 0 Å². The number of nitrogens with zero attached hydrogens (tertiary/aromatic N) is 1. The fraction of sp³-hybridized carbons (Fsp3) is 0.714. The second kappa shape index (κ2) is 6.92. The maximum absolute atomic E-state index is 5.72. The summed E-state index contributed by atoms with van der Waals surface area (Å²) in [6.45, 7) is 6.28. The van der Waals surface area contributed by atoms with Crippen LogP contribution in [-0.4, -0.2) is 37.7 Å². The van der Waals surface area contributed by atoms with E-state index < -0.39 is 0 Å². The van der Waals surface area contributed by atoms with Crippen LogP contribution >= 0.6 is 0 Å². The Bertz CT molecular complexity index is 347. The first kappa shape index (κ1) is 13.6. The molecule has 2 rings (SSSR count). The monoisotopic (exact) mass is 252 g/mol. The summed E-state index contributed by atoms with van der Waals surface area (Å²) < 4.78 is 11.2. The van der Waals surface area contributed by atoms with Crippen molar-refractivity contribution in [1.82, 2.24) is 10.2 Å². The van der Waals surface area contributed by atoms with E-state index in [-0.39, 0.29) is 0 Å². The van der Waals surface area contributed by atoms with E-state index in [0.717, 1.165) is 43.6 Å². The van der Waals surface area contributed by atoms with Crippen LogP contribution in [0.3, 0.4) is 0 Å². The Morgan fingerprint density at radius 3 is 3.06 bits per heavy atom. The van der Waals surface area contributed by atoms with Crippen molar-refractivity contribution in [2.75, 3.05) is 26.7 Å². The van der Waals surface area contributed by atoms with Gasteiger partial charge in [0.1, 0.15) is 5.76 Å². The standard InChI is InChI=1S/C14H24N2O2/c1-3-15-10-14-12(6-8-18-14)11-17-9-7-16(2)13-4-5-13/h6,8,13,15H,3-5,7,9-11H2,1-2H3. The first-order valence-corrected chi connectivity index (χ1v) is 6.85. The van der Waals surface area contributed by atoms with E-state index in [1.165, 1.54) is 12.8 Å². The smallest absolute Gasteiger partial charge is 0.123 e. The highest BCUT2D eigenvalue weighted by molar-refractivity contribution is 5.15. The topological polar surface area (TPSA) is 37.6 Å². The number of ether oxygens (including phenoxy) is 1. The second-order valence-corrected chi connectivity index (χ2v) is 4.91. The van der Waals surface area contributed by atoms with Gasteiger partial charge in [0.15, 0.2) is 0 Å². The van der Waals surface area contributed by atoms with Gasteiger partial charge in [0.25, 0.3) is 0 Å². The van der Waals surface area contributed by atoms with Gasteiger partial charge in [0.05, 0.1) is 26.0 Å². The van der Waals surface area contributed by atoms with Crippen molar-refractivity contribution >= 4 is 0 Å². The predicted octanol–water partition coefficient (Wildman–Crippen LogP) is 2.00. The number of likely N-dealkylation sites (N-methyl/N-ethyl adjacent to an activating group) is 1. The summed E-state index contributed by atoms with van der Waals surface area (Å²) in [4.78, 5) is 2.38. The molecule has 0 bridgehead atoms. The van der Waals surface area contributed by atoms with E-state index in [4.69, 9.17) is 9.15 Å². The van der Waals surface area contributed by atoms with E-state index in [2.05, 4.69) is 24.2 Å². The third-order valence-corrected chi connectivity index (χ3v) is 3.39.